The molecule has 0 aliphatic rings. The number of ether oxygens (including phenoxy) is 1. The lowest BCUT2D eigenvalue weighted by atomic mass is 10.1. The number of carbonyl (C=O) groups is 1. The summed E-state index contributed by atoms with van der Waals surface area (Å²) in [7, 11) is 0. The van der Waals surface area contributed by atoms with Gasteiger partial charge in [0.2, 0.25) is 0 Å². The van der Waals surface area contributed by atoms with Gasteiger partial charge in [-0.25, -0.2) is 0 Å². The molecule has 0 aliphatic heterocycles. The molecule has 0 aromatic carbocycles. The van der Waals surface area contributed by atoms with Crippen molar-refractivity contribution in [3.8, 4) is 6.07 Å². The van der Waals surface area contributed by atoms with Gasteiger partial charge in [0.25, 0.3) is 0 Å². The topological polar surface area (TPSA) is 74.8 Å². The van der Waals surface area contributed by atoms with Crippen LogP contribution in [0.1, 0.15) is 41.5 Å². The van der Waals surface area contributed by atoms with Crippen LogP contribution in [-0.2, 0) is 9.53 Å². The summed E-state index contributed by atoms with van der Waals surface area (Å²) in [5.74, 6) is -0.546. The highest BCUT2D eigenvalue weighted by Gasteiger charge is 2.27. The van der Waals surface area contributed by atoms with Crippen LogP contribution in [0.3, 0.4) is 0 Å². The molecule has 0 N–H and O–H groups in total. The average Bonchev–Trinajstić information content (AvgIpc) is 2.22. The molecule has 0 saturated heterocycles. The summed E-state index contributed by atoms with van der Waals surface area (Å²) >= 11 is 0. The number of carbonyl (C=O) groups excluding carboxylic acids is 1. The first-order valence-corrected chi connectivity index (χ1v) is 5.61. The second-order valence-electron chi connectivity index (χ2n) is 5.52. The number of hydrogen-bond donors (Lipinski definition) is 0. The SMILES string of the molecule is CC(C)C(=O)OCC(C)(C#N)N=NC(C)(C)C. The lowest BCUT2D eigenvalue weighted by Gasteiger charge is -2.18. The zero-order valence-electron chi connectivity index (χ0n) is 11.4. The van der Waals surface area contributed by atoms with Crippen LogP contribution < -0.4 is 0 Å². The van der Waals surface area contributed by atoms with Crippen LogP contribution in [0.15, 0.2) is 10.2 Å². The Bertz CT molecular complexity index is 337. The van der Waals surface area contributed by atoms with Gasteiger partial charge in [-0.2, -0.15) is 15.5 Å². The molecule has 0 amide bonds. The first-order valence-electron chi connectivity index (χ1n) is 5.61. The molecule has 0 spiro atoms. The van der Waals surface area contributed by atoms with Crippen molar-refractivity contribution >= 4 is 5.97 Å². The third kappa shape index (κ3) is 6.67. The van der Waals surface area contributed by atoms with Crippen LogP contribution in [0.4, 0.5) is 0 Å². The molecule has 17 heavy (non-hydrogen) atoms. The second-order valence-corrected chi connectivity index (χ2v) is 5.52. The number of nitrogens with zero attached hydrogens (tertiary/aromatic N) is 3. The number of hydrogen-bond acceptors (Lipinski definition) is 5. The van der Waals surface area contributed by atoms with Crippen LogP contribution in [-0.4, -0.2) is 23.7 Å². The van der Waals surface area contributed by atoms with Crippen molar-refractivity contribution in [3.05, 3.63) is 0 Å². The maximum Gasteiger partial charge on any atom is 0.308 e. The summed E-state index contributed by atoms with van der Waals surface area (Å²) in [6.45, 7) is 10.7. The summed E-state index contributed by atoms with van der Waals surface area (Å²) < 4.78 is 5.01. The summed E-state index contributed by atoms with van der Waals surface area (Å²) in [5, 5.41) is 17.0. The number of nitriles is 1. The van der Waals surface area contributed by atoms with E-state index in [1.54, 1.807) is 20.8 Å². The van der Waals surface area contributed by atoms with Crippen molar-refractivity contribution in [2.45, 2.75) is 52.6 Å². The Labute approximate surface area is 103 Å². The summed E-state index contributed by atoms with van der Waals surface area (Å²) in [6, 6.07) is 2.01. The van der Waals surface area contributed by atoms with Gasteiger partial charge in [-0.3, -0.25) is 4.79 Å². The molecule has 0 aromatic rings. The van der Waals surface area contributed by atoms with Crippen LogP contribution in [0.2, 0.25) is 0 Å². The zero-order chi connectivity index (χ0) is 13.7. The second kappa shape index (κ2) is 5.76. The van der Waals surface area contributed by atoms with Crippen molar-refractivity contribution in [1.82, 2.24) is 0 Å². The standard InChI is InChI=1S/C12H21N3O2/c1-9(2)10(16)17-8-12(6,7-13)15-14-11(3,4)5/h9H,8H2,1-6H3. The van der Waals surface area contributed by atoms with Gasteiger partial charge >= 0.3 is 5.97 Å². The molecule has 0 rings (SSSR count). The van der Waals surface area contributed by atoms with E-state index in [1.165, 1.54) is 0 Å². The van der Waals surface area contributed by atoms with Gasteiger partial charge in [-0.05, 0) is 27.7 Å². The van der Waals surface area contributed by atoms with Crippen LogP contribution in [0.25, 0.3) is 0 Å². The molecule has 96 valence electrons. The van der Waals surface area contributed by atoms with Gasteiger partial charge in [-0.1, -0.05) is 13.8 Å². The van der Waals surface area contributed by atoms with Gasteiger partial charge in [0.1, 0.15) is 6.61 Å². The van der Waals surface area contributed by atoms with Crippen molar-refractivity contribution in [2.75, 3.05) is 6.61 Å². The van der Waals surface area contributed by atoms with E-state index in [1.807, 2.05) is 26.8 Å². The van der Waals surface area contributed by atoms with E-state index >= 15 is 0 Å². The van der Waals surface area contributed by atoms with Gasteiger partial charge < -0.3 is 4.74 Å². The lowest BCUT2D eigenvalue weighted by Crippen LogP contribution is -2.30. The molecule has 1 atom stereocenters. The van der Waals surface area contributed by atoms with E-state index in [-0.39, 0.29) is 24.0 Å². The van der Waals surface area contributed by atoms with Gasteiger partial charge in [-0.15, -0.1) is 0 Å². The van der Waals surface area contributed by atoms with E-state index in [4.69, 9.17) is 10.00 Å². The summed E-state index contributed by atoms with van der Waals surface area (Å²) in [4.78, 5) is 11.3. The quantitative estimate of drug-likeness (QED) is 0.559. The Morgan fingerprint density at radius 1 is 1.29 bits per heavy atom. The van der Waals surface area contributed by atoms with Crippen LogP contribution in [0, 0.1) is 17.2 Å². The smallest absolute Gasteiger partial charge is 0.308 e. The Morgan fingerprint density at radius 3 is 2.18 bits per heavy atom. The third-order valence-corrected chi connectivity index (χ3v) is 1.78. The number of esters is 1. The monoisotopic (exact) mass is 239 g/mol. The highest BCUT2D eigenvalue weighted by atomic mass is 16.5. The molecule has 0 radical (unpaired) electrons. The van der Waals surface area contributed by atoms with E-state index in [0.29, 0.717) is 0 Å². The third-order valence-electron chi connectivity index (χ3n) is 1.78. The Morgan fingerprint density at radius 2 is 1.82 bits per heavy atom. The highest BCUT2D eigenvalue weighted by Crippen LogP contribution is 2.16. The van der Waals surface area contributed by atoms with Crippen LogP contribution >= 0.6 is 0 Å². The molecule has 0 aromatic heterocycles. The molecular formula is C12H21N3O2. The van der Waals surface area contributed by atoms with Crippen molar-refractivity contribution < 1.29 is 9.53 Å². The minimum atomic E-state index is -1.11. The Kier molecular flexibility index (Phi) is 5.27. The Hall–Kier alpha value is -1.44. The average molecular weight is 239 g/mol. The molecule has 0 bridgehead atoms. The minimum Gasteiger partial charge on any atom is -0.462 e. The van der Waals surface area contributed by atoms with Crippen molar-refractivity contribution in [3.63, 3.8) is 0 Å². The van der Waals surface area contributed by atoms with Crippen molar-refractivity contribution in [2.24, 2.45) is 16.1 Å². The largest absolute Gasteiger partial charge is 0.462 e. The van der Waals surface area contributed by atoms with E-state index < -0.39 is 5.54 Å². The number of rotatable bonds is 4. The maximum absolute atomic E-state index is 11.3. The van der Waals surface area contributed by atoms with Crippen LogP contribution in [0.5, 0.6) is 0 Å². The fraction of sp³-hybridized carbons (Fsp3) is 0.833. The normalized spacial score (nSPS) is 15.6. The molecule has 5 heteroatoms. The predicted octanol–water partition coefficient (Wildman–Crippen LogP) is 2.72. The molecule has 1 unspecified atom stereocenters. The lowest BCUT2D eigenvalue weighted by molar-refractivity contribution is -0.148. The molecular weight excluding hydrogens is 218 g/mol. The molecule has 0 saturated carbocycles. The summed E-state index contributed by atoms with van der Waals surface area (Å²) in [5.41, 5.74) is -1.46. The summed E-state index contributed by atoms with van der Waals surface area (Å²) in [6.07, 6.45) is 0. The van der Waals surface area contributed by atoms with E-state index in [9.17, 15) is 4.79 Å². The zero-order valence-corrected chi connectivity index (χ0v) is 11.4. The van der Waals surface area contributed by atoms with Crippen molar-refractivity contribution in [1.29, 1.82) is 5.26 Å². The first kappa shape index (κ1) is 15.6. The minimum absolute atomic E-state index is 0.0694. The molecule has 0 aliphatic carbocycles. The van der Waals surface area contributed by atoms with E-state index in [2.05, 4.69) is 10.2 Å². The number of azo groups is 1. The first-order chi connectivity index (χ1) is 7.59. The molecule has 5 nitrogen and oxygen atoms in total. The molecule has 0 heterocycles. The Balaban J connectivity index is 4.56. The fourth-order valence-corrected chi connectivity index (χ4v) is 0.722. The van der Waals surface area contributed by atoms with Gasteiger partial charge in [0.15, 0.2) is 5.54 Å². The predicted molar refractivity (Wildman–Crippen MR) is 64.4 cm³/mol. The van der Waals surface area contributed by atoms with Gasteiger partial charge in [0, 0.05) is 0 Å². The maximum atomic E-state index is 11.3. The highest BCUT2D eigenvalue weighted by molar-refractivity contribution is 5.71. The fourth-order valence-electron chi connectivity index (χ4n) is 0.722. The van der Waals surface area contributed by atoms with E-state index in [0.717, 1.165) is 0 Å². The molecule has 0 fully saturated rings. The van der Waals surface area contributed by atoms with Gasteiger partial charge in [0.05, 0.1) is 17.5 Å².